The number of hydrogen-bond acceptors (Lipinski definition) is 2. The van der Waals surface area contributed by atoms with Crippen molar-refractivity contribution in [3.05, 3.63) is 66.7 Å². The van der Waals surface area contributed by atoms with Crippen molar-refractivity contribution in [2.45, 2.75) is 12.5 Å². The first-order valence-corrected chi connectivity index (χ1v) is 7.14. The molecule has 0 spiro atoms. The third-order valence-corrected chi connectivity index (χ3v) is 3.77. The Morgan fingerprint density at radius 3 is 2.25 bits per heavy atom. The first kappa shape index (κ1) is 12.9. The molecule has 1 aliphatic carbocycles. The molecule has 0 fully saturated rings. The Kier molecular flexibility index (Phi) is 3.84. The summed E-state index contributed by atoms with van der Waals surface area (Å²) in [4.78, 5) is 0. The Balaban J connectivity index is 1.61. The average Bonchev–Trinajstić information content (AvgIpc) is 2.92. The lowest BCUT2D eigenvalue weighted by atomic mass is 10.1. The van der Waals surface area contributed by atoms with E-state index in [-0.39, 0.29) is 6.04 Å². The first-order chi connectivity index (χ1) is 9.81. The van der Waals surface area contributed by atoms with E-state index < -0.39 is 0 Å². The van der Waals surface area contributed by atoms with Crippen molar-refractivity contribution >= 4 is 5.69 Å². The molecule has 0 heterocycles. The molecule has 3 N–H and O–H groups in total. The van der Waals surface area contributed by atoms with Crippen LogP contribution in [-0.4, -0.2) is 12.6 Å². The number of nitrogens with one attached hydrogen (secondary N) is 1. The van der Waals surface area contributed by atoms with Crippen LogP contribution in [0.5, 0.6) is 0 Å². The van der Waals surface area contributed by atoms with Gasteiger partial charge in [-0.15, -0.1) is 0 Å². The molecule has 0 saturated heterocycles. The molecule has 2 unspecified atom stereocenters. The van der Waals surface area contributed by atoms with Gasteiger partial charge in [-0.3, -0.25) is 0 Å². The summed E-state index contributed by atoms with van der Waals surface area (Å²) in [7, 11) is 0. The molecule has 0 bridgehead atoms. The highest BCUT2D eigenvalue weighted by atomic mass is 14.9. The van der Waals surface area contributed by atoms with E-state index in [1.54, 1.807) is 0 Å². The van der Waals surface area contributed by atoms with Gasteiger partial charge < -0.3 is 11.1 Å². The minimum Gasteiger partial charge on any atom is -0.384 e. The zero-order valence-electron chi connectivity index (χ0n) is 11.5. The second kappa shape index (κ2) is 5.93. The van der Waals surface area contributed by atoms with Gasteiger partial charge in [0.25, 0.3) is 0 Å². The monoisotopic (exact) mass is 264 g/mol. The molecule has 1 aliphatic rings. The molecule has 2 heteroatoms. The molecule has 0 aliphatic heterocycles. The van der Waals surface area contributed by atoms with Crippen LogP contribution >= 0.6 is 0 Å². The van der Waals surface area contributed by atoms with E-state index in [4.69, 9.17) is 5.73 Å². The first-order valence-electron chi connectivity index (χ1n) is 7.14. The minimum atomic E-state index is 0.238. The Hall–Kier alpha value is -2.06. The lowest BCUT2D eigenvalue weighted by molar-refractivity contribution is 0.615. The molecule has 3 rings (SSSR count). The summed E-state index contributed by atoms with van der Waals surface area (Å²) in [5.74, 6) is 0.554. The molecule has 2 atom stereocenters. The van der Waals surface area contributed by atoms with Gasteiger partial charge in [-0.2, -0.15) is 0 Å². The van der Waals surface area contributed by atoms with Crippen LogP contribution in [0, 0.1) is 5.92 Å². The number of hydrogen-bond donors (Lipinski definition) is 2. The van der Waals surface area contributed by atoms with Crippen LogP contribution in [0.4, 0.5) is 5.69 Å². The van der Waals surface area contributed by atoms with Crippen molar-refractivity contribution in [2.75, 3.05) is 11.9 Å². The minimum absolute atomic E-state index is 0.238. The predicted molar refractivity (Wildman–Crippen MR) is 85.6 cm³/mol. The molecular formula is C18H20N2. The van der Waals surface area contributed by atoms with Crippen molar-refractivity contribution in [3.63, 3.8) is 0 Å². The Morgan fingerprint density at radius 1 is 0.900 bits per heavy atom. The summed E-state index contributed by atoms with van der Waals surface area (Å²) in [6, 6.07) is 19.3. The van der Waals surface area contributed by atoms with Crippen LogP contribution in [0.1, 0.15) is 6.42 Å². The third kappa shape index (κ3) is 3.09. The third-order valence-electron chi connectivity index (χ3n) is 3.77. The fourth-order valence-electron chi connectivity index (χ4n) is 2.62. The molecule has 20 heavy (non-hydrogen) atoms. The predicted octanol–water partition coefficient (Wildman–Crippen LogP) is 3.67. The van der Waals surface area contributed by atoms with Crippen LogP contribution in [0.3, 0.4) is 0 Å². The number of rotatable bonds is 4. The zero-order chi connectivity index (χ0) is 13.8. The molecule has 0 saturated carbocycles. The van der Waals surface area contributed by atoms with Crippen LogP contribution in [0.2, 0.25) is 0 Å². The second-order valence-corrected chi connectivity index (χ2v) is 5.37. The highest BCUT2D eigenvalue weighted by molar-refractivity contribution is 5.65. The summed E-state index contributed by atoms with van der Waals surface area (Å²) < 4.78 is 0. The molecule has 2 nitrogen and oxygen atoms in total. The molecule has 2 aromatic carbocycles. The summed E-state index contributed by atoms with van der Waals surface area (Å²) in [5, 5.41) is 3.48. The van der Waals surface area contributed by atoms with Gasteiger partial charge >= 0.3 is 0 Å². The summed E-state index contributed by atoms with van der Waals surface area (Å²) in [6.07, 6.45) is 5.37. The second-order valence-electron chi connectivity index (χ2n) is 5.37. The Morgan fingerprint density at radius 2 is 1.60 bits per heavy atom. The fourth-order valence-corrected chi connectivity index (χ4v) is 2.62. The molecule has 0 radical (unpaired) electrons. The molecule has 0 aromatic heterocycles. The van der Waals surface area contributed by atoms with E-state index in [1.165, 1.54) is 16.8 Å². The van der Waals surface area contributed by atoms with E-state index in [9.17, 15) is 0 Å². The van der Waals surface area contributed by atoms with Crippen molar-refractivity contribution in [1.29, 1.82) is 0 Å². The van der Waals surface area contributed by atoms with Crippen molar-refractivity contribution in [1.82, 2.24) is 0 Å². The fraction of sp³-hybridized carbons (Fsp3) is 0.222. The van der Waals surface area contributed by atoms with Gasteiger partial charge in [0.2, 0.25) is 0 Å². The van der Waals surface area contributed by atoms with Gasteiger partial charge in [-0.1, -0.05) is 54.6 Å². The van der Waals surface area contributed by atoms with E-state index in [0.29, 0.717) is 5.92 Å². The van der Waals surface area contributed by atoms with Gasteiger partial charge in [0.05, 0.1) is 0 Å². The maximum Gasteiger partial charge on any atom is 0.0340 e. The van der Waals surface area contributed by atoms with Crippen molar-refractivity contribution in [3.8, 4) is 11.1 Å². The largest absolute Gasteiger partial charge is 0.384 e. The number of anilines is 1. The van der Waals surface area contributed by atoms with Crippen molar-refractivity contribution in [2.24, 2.45) is 11.7 Å². The average molecular weight is 264 g/mol. The van der Waals surface area contributed by atoms with Gasteiger partial charge in [-0.05, 0) is 35.6 Å². The highest BCUT2D eigenvalue weighted by Gasteiger charge is 2.14. The van der Waals surface area contributed by atoms with E-state index in [0.717, 1.165) is 13.0 Å². The van der Waals surface area contributed by atoms with Gasteiger partial charge in [0.15, 0.2) is 0 Å². The Labute approximate surface area is 120 Å². The van der Waals surface area contributed by atoms with Crippen LogP contribution in [0.15, 0.2) is 66.7 Å². The van der Waals surface area contributed by atoms with Gasteiger partial charge in [0.1, 0.15) is 0 Å². The van der Waals surface area contributed by atoms with Gasteiger partial charge in [0, 0.05) is 18.3 Å². The molecule has 0 amide bonds. The van der Waals surface area contributed by atoms with Crippen molar-refractivity contribution < 1.29 is 0 Å². The quantitative estimate of drug-likeness (QED) is 0.827. The highest BCUT2D eigenvalue weighted by Crippen LogP contribution is 2.22. The smallest absolute Gasteiger partial charge is 0.0340 e. The standard InChI is InChI=1S/C18H20N2/c19-17-9-6-14(12-17)13-20-18-10-7-16(8-11-18)15-4-2-1-3-5-15/h1-11,14,17,20H,12-13,19H2. The van der Waals surface area contributed by atoms with Crippen LogP contribution < -0.4 is 11.1 Å². The van der Waals surface area contributed by atoms with E-state index in [1.807, 2.05) is 6.07 Å². The molecular weight excluding hydrogens is 244 g/mol. The molecule has 102 valence electrons. The zero-order valence-corrected chi connectivity index (χ0v) is 11.5. The maximum atomic E-state index is 5.86. The lowest BCUT2D eigenvalue weighted by Gasteiger charge is -2.12. The van der Waals surface area contributed by atoms with Crippen LogP contribution in [-0.2, 0) is 0 Å². The van der Waals surface area contributed by atoms with Gasteiger partial charge in [-0.25, -0.2) is 0 Å². The van der Waals surface area contributed by atoms with E-state index >= 15 is 0 Å². The topological polar surface area (TPSA) is 38.0 Å². The summed E-state index contributed by atoms with van der Waals surface area (Å²) in [6.45, 7) is 0.953. The lowest BCUT2D eigenvalue weighted by Crippen LogP contribution is -2.18. The summed E-state index contributed by atoms with van der Waals surface area (Å²) >= 11 is 0. The number of nitrogens with two attached hydrogens (primary N) is 1. The maximum absolute atomic E-state index is 5.86. The summed E-state index contributed by atoms with van der Waals surface area (Å²) in [5.41, 5.74) is 9.53. The SMILES string of the molecule is NC1C=CC(CNc2ccc(-c3ccccc3)cc2)C1. The van der Waals surface area contributed by atoms with E-state index in [2.05, 4.69) is 66.0 Å². The molecule has 2 aromatic rings. The van der Waals surface area contributed by atoms with Crippen LogP contribution in [0.25, 0.3) is 11.1 Å². The number of benzene rings is 2. The Bertz CT molecular complexity index is 572. The normalized spacial score (nSPS) is 21.1.